The molecule has 0 saturated carbocycles. The van der Waals surface area contributed by atoms with E-state index >= 15 is 0 Å². The number of esters is 1. The van der Waals surface area contributed by atoms with E-state index in [9.17, 15) is 15.0 Å². The maximum Gasteiger partial charge on any atom is 0.339 e. The number of carbonyl (C=O) groups excluding carboxylic acids is 1. The van der Waals surface area contributed by atoms with Crippen molar-refractivity contribution in [3.63, 3.8) is 0 Å². The molecule has 21 heavy (non-hydrogen) atoms. The summed E-state index contributed by atoms with van der Waals surface area (Å²) >= 11 is 0. The molecule has 0 radical (unpaired) electrons. The summed E-state index contributed by atoms with van der Waals surface area (Å²) < 4.78 is 9.99. The second kappa shape index (κ2) is 6.76. The number of aromatic hydroxyl groups is 1. The molecule has 0 spiro atoms. The summed E-state index contributed by atoms with van der Waals surface area (Å²) in [6.45, 7) is 0.270. The van der Waals surface area contributed by atoms with Gasteiger partial charge in [0.1, 0.15) is 6.61 Å². The second-order valence-corrected chi connectivity index (χ2v) is 4.43. The molecule has 0 saturated heterocycles. The van der Waals surface area contributed by atoms with Gasteiger partial charge in [-0.15, -0.1) is 0 Å². The van der Waals surface area contributed by atoms with Gasteiger partial charge in [0.05, 0.1) is 7.11 Å². The van der Waals surface area contributed by atoms with E-state index in [-0.39, 0.29) is 18.1 Å². The molecule has 0 aliphatic carbocycles. The summed E-state index contributed by atoms with van der Waals surface area (Å²) in [4.78, 5) is 11.3. The van der Waals surface area contributed by atoms with Crippen LogP contribution in [0.25, 0.3) is 0 Å². The third-order valence-corrected chi connectivity index (χ3v) is 2.96. The van der Waals surface area contributed by atoms with Gasteiger partial charge in [0, 0.05) is 0 Å². The molecule has 0 fully saturated rings. The Labute approximate surface area is 122 Å². The summed E-state index contributed by atoms with van der Waals surface area (Å²) in [5, 5.41) is 19.5. The Morgan fingerprint density at radius 2 is 1.90 bits per heavy atom. The lowest BCUT2D eigenvalue weighted by Crippen LogP contribution is -2.13. The van der Waals surface area contributed by atoms with Crippen molar-refractivity contribution < 1.29 is 24.5 Å². The highest BCUT2D eigenvalue weighted by atomic mass is 16.5. The molecule has 110 valence electrons. The van der Waals surface area contributed by atoms with Crippen molar-refractivity contribution in [1.82, 2.24) is 0 Å². The number of hydrogen-bond donors (Lipinski definition) is 2. The molecule has 5 heteroatoms. The quantitative estimate of drug-likeness (QED) is 0.825. The van der Waals surface area contributed by atoms with Crippen LogP contribution in [0.4, 0.5) is 0 Å². The fraction of sp³-hybridized carbons (Fsp3) is 0.188. The first-order valence-electron chi connectivity index (χ1n) is 6.37. The lowest BCUT2D eigenvalue weighted by Gasteiger charge is -2.12. The highest BCUT2D eigenvalue weighted by Crippen LogP contribution is 2.30. The summed E-state index contributed by atoms with van der Waals surface area (Å²) in [6.07, 6.45) is -1.41. The lowest BCUT2D eigenvalue weighted by atomic mass is 10.1. The van der Waals surface area contributed by atoms with Gasteiger partial charge in [0.25, 0.3) is 0 Å². The standard InChI is InChI=1S/C16H16O5/c1-20-16(19)15(18)12-7-8-13(17)14(9-12)21-10-11-5-3-2-4-6-11/h2-9,15,17-18H,10H2,1H3. The molecule has 2 aromatic carbocycles. The number of phenols is 1. The van der Waals surface area contributed by atoms with E-state index in [1.165, 1.54) is 25.3 Å². The Bertz CT molecular complexity index is 609. The van der Waals surface area contributed by atoms with Gasteiger partial charge in [-0.25, -0.2) is 4.79 Å². The number of hydrogen-bond acceptors (Lipinski definition) is 5. The van der Waals surface area contributed by atoms with Gasteiger partial charge in [-0.2, -0.15) is 0 Å². The summed E-state index contributed by atoms with van der Waals surface area (Å²) in [5.41, 5.74) is 1.23. The summed E-state index contributed by atoms with van der Waals surface area (Å²) in [7, 11) is 1.19. The minimum Gasteiger partial charge on any atom is -0.504 e. The molecule has 2 N–H and O–H groups in total. The third kappa shape index (κ3) is 3.73. The number of methoxy groups -OCH3 is 1. The van der Waals surface area contributed by atoms with Gasteiger partial charge >= 0.3 is 5.97 Å². The molecule has 2 aromatic rings. The first-order chi connectivity index (χ1) is 10.1. The molecule has 1 unspecified atom stereocenters. The Balaban J connectivity index is 2.14. The molecule has 0 aliphatic rings. The Morgan fingerprint density at radius 1 is 1.19 bits per heavy atom. The summed E-state index contributed by atoms with van der Waals surface area (Å²) in [6, 6.07) is 13.7. The van der Waals surface area contributed by atoms with Crippen molar-refractivity contribution in [3.05, 3.63) is 59.7 Å². The SMILES string of the molecule is COC(=O)C(O)c1ccc(O)c(OCc2ccccc2)c1. The number of aliphatic hydroxyl groups is 1. The number of rotatable bonds is 5. The average molecular weight is 288 g/mol. The predicted octanol–water partition coefficient (Wildman–Crippen LogP) is 2.18. The van der Waals surface area contributed by atoms with E-state index in [2.05, 4.69) is 4.74 Å². The third-order valence-electron chi connectivity index (χ3n) is 2.96. The lowest BCUT2D eigenvalue weighted by molar-refractivity contribution is -0.150. The number of aliphatic hydroxyl groups excluding tert-OH is 1. The Hall–Kier alpha value is -2.53. The molecule has 0 amide bonds. The molecule has 0 heterocycles. The highest BCUT2D eigenvalue weighted by Gasteiger charge is 2.19. The van der Waals surface area contributed by atoms with Gasteiger partial charge in [-0.05, 0) is 23.3 Å². The molecule has 2 rings (SSSR count). The predicted molar refractivity (Wildman–Crippen MR) is 75.9 cm³/mol. The number of ether oxygens (including phenoxy) is 2. The van der Waals surface area contributed by atoms with Crippen molar-refractivity contribution in [2.45, 2.75) is 12.7 Å². The van der Waals surface area contributed by atoms with Crippen molar-refractivity contribution >= 4 is 5.97 Å². The maximum atomic E-state index is 11.3. The molecule has 5 nitrogen and oxygen atoms in total. The van der Waals surface area contributed by atoms with E-state index in [1.807, 2.05) is 30.3 Å². The zero-order valence-electron chi connectivity index (χ0n) is 11.5. The largest absolute Gasteiger partial charge is 0.504 e. The van der Waals surface area contributed by atoms with E-state index in [4.69, 9.17) is 4.74 Å². The number of carbonyl (C=O) groups is 1. The molecule has 1 atom stereocenters. The average Bonchev–Trinajstić information content (AvgIpc) is 2.53. The van der Waals surface area contributed by atoms with E-state index < -0.39 is 12.1 Å². The minimum absolute atomic E-state index is 0.0632. The molecular weight excluding hydrogens is 272 g/mol. The van der Waals surface area contributed by atoms with Gasteiger partial charge in [-0.1, -0.05) is 36.4 Å². The fourth-order valence-corrected chi connectivity index (χ4v) is 1.80. The van der Waals surface area contributed by atoms with Crippen molar-refractivity contribution in [2.24, 2.45) is 0 Å². The van der Waals surface area contributed by atoms with Crippen LogP contribution in [0.5, 0.6) is 11.5 Å². The van der Waals surface area contributed by atoms with Crippen molar-refractivity contribution in [3.8, 4) is 11.5 Å². The van der Waals surface area contributed by atoms with Gasteiger partial charge in [-0.3, -0.25) is 0 Å². The fourth-order valence-electron chi connectivity index (χ4n) is 1.80. The van der Waals surface area contributed by atoms with Crippen LogP contribution in [0.15, 0.2) is 48.5 Å². The Kier molecular flexibility index (Phi) is 4.79. The van der Waals surface area contributed by atoms with E-state index in [1.54, 1.807) is 0 Å². The number of benzene rings is 2. The van der Waals surface area contributed by atoms with Crippen LogP contribution in [0.3, 0.4) is 0 Å². The van der Waals surface area contributed by atoms with E-state index in [0.29, 0.717) is 5.56 Å². The molecule has 0 aliphatic heterocycles. The molecule has 0 aromatic heterocycles. The van der Waals surface area contributed by atoms with Crippen LogP contribution < -0.4 is 4.74 Å². The van der Waals surface area contributed by atoms with Crippen LogP contribution in [-0.4, -0.2) is 23.3 Å². The molecule has 0 bridgehead atoms. The van der Waals surface area contributed by atoms with E-state index in [0.717, 1.165) is 5.56 Å². The highest BCUT2D eigenvalue weighted by molar-refractivity contribution is 5.76. The monoisotopic (exact) mass is 288 g/mol. The van der Waals surface area contributed by atoms with Crippen molar-refractivity contribution in [2.75, 3.05) is 7.11 Å². The number of phenolic OH excluding ortho intramolecular Hbond substituents is 1. The van der Waals surface area contributed by atoms with Gasteiger partial charge in [0.2, 0.25) is 0 Å². The van der Waals surface area contributed by atoms with Crippen LogP contribution in [-0.2, 0) is 16.1 Å². The van der Waals surface area contributed by atoms with Crippen LogP contribution in [0.1, 0.15) is 17.2 Å². The molecular formula is C16H16O5. The van der Waals surface area contributed by atoms with Gasteiger partial charge in [0.15, 0.2) is 17.6 Å². The van der Waals surface area contributed by atoms with Crippen LogP contribution in [0.2, 0.25) is 0 Å². The minimum atomic E-state index is -1.41. The Morgan fingerprint density at radius 3 is 2.57 bits per heavy atom. The van der Waals surface area contributed by atoms with Crippen LogP contribution >= 0.6 is 0 Å². The topological polar surface area (TPSA) is 76.0 Å². The normalized spacial score (nSPS) is 11.7. The van der Waals surface area contributed by atoms with Crippen LogP contribution in [0, 0.1) is 0 Å². The zero-order valence-corrected chi connectivity index (χ0v) is 11.5. The summed E-state index contributed by atoms with van der Waals surface area (Å²) in [5.74, 6) is -0.638. The second-order valence-electron chi connectivity index (χ2n) is 4.43. The van der Waals surface area contributed by atoms with Crippen molar-refractivity contribution in [1.29, 1.82) is 0 Å². The van der Waals surface area contributed by atoms with Gasteiger partial charge < -0.3 is 19.7 Å². The first-order valence-corrected chi connectivity index (χ1v) is 6.37. The zero-order chi connectivity index (χ0) is 15.2. The first kappa shape index (κ1) is 14.9. The maximum absolute atomic E-state index is 11.3. The smallest absolute Gasteiger partial charge is 0.339 e.